The fraction of sp³-hybridized carbons (Fsp3) is 0.125. The molecule has 3 rings (SSSR count). The Morgan fingerprint density at radius 1 is 1.21 bits per heavy atom. The number of fused-ring (bicyclic) bond motifs is 1. The minimum atomic E-state index is -1.08. The quantitative estimate of drug-likeness (QED) is 0.585. The predicted molar refractivity (Wildman–Crippen MR) is 86.2 cm³/mol. The highest BCUT2D eigenvalue weighted by atomic mass is 16.6. The van der Waals surface area contributed by atoms with E-state index >= 15 is 0 Å². The highest BCUT2D eigenvalue weighted by molar-refractivity contribution is 6.04. The van der Waals surface area contributed by atoms with Gasteiger partial charge in [-0.25, -0.2) is 4.79 Å². The number of benzene rings is 2. The fourth-order valence-electron chi connectivity index (χ4n) is 2.60. The Kier molecular flexibility index (Phi) is 3.87. The summed E-state index contributed by atoms with van der Waals surface area (Å²) in [5.41, 5.74) is 1.40. The third kappa shape index (κ3) is 2.89. The van der Waals surface area contributed by atoms with Gasteiger partial charge in [0, 0.05) is 18.1 Å². The lowest BCUT2D eigenvalue weighted by atomic mass is 10.0. The Balaban J connectivity index is 1.89. The smallest absolute Gasteiger partial charge is 0.335 e. The van der Waals surface area contributed by atoms with Gasteiger partial charge in [0.25, 0.3) is 5.69 Å². The number of hydrogen-bond donors (Lipinski definition) is 3. The van der Waals surface area contributed by atoms with E-state index in [2.05, 4.69) is 10.6 Å². The van der Waals surface area contributed by atoms with Gasteiger partial charge < -0.3 is 15.7 Å². The molecule has 0 bridgehead atoms. The first kappa shape index (κ1) is 15.5. The van der Waals surface area contributed by atoms with Crippen LogP contribution >= 0.6 is 0 Å². The van der Waals surface area contributed by atoms with E-state index in [1.165, 1.54) is 24.3 Å². The van der Waals surface area contributed by atoms with Crippen LogP contribution in [0.3, 0.4) is 0 Å². The van der Waals surface area contributed by atoms with E-state index in [-0.39, 0.29) is 23.6 Å². The summed E-state index contributed by atoms with van der Waals surface area (Å²) in [6.45, 7) is 0. The molecular weight excluding hydrogens is 314 g/mol. The van der Waals surface area contributed by atoms with Crippen LogP contribution < -0.4 is 10.6 Å². The number of hydrogen-bond acceptors (Lipinski definition) is 5. The first-order chi connectivity index (χ1) is 11.5. The Morgan fingerprint density at radius 3 is 2.67 bits per heavy atom. The van der Waals surface area contributed by atoms with Crippen molar-refractivity contribution in [1.29, 1.82) is 0 Å². The number of rotatable bonds is 4. The summed E-state index contributed by atoms with van der Waals surface area (Å²) in [5.74, 6) is -1.41. The number of para-hydroxylation sites is 1. The average molecular weight is 327 g/mol. The van der Waals surface area contributed by atoms with E-state index in [0.717, 1.165) is 0 Å². The number of nitrogens with one attached hydrogen (secondary N) is 2. The summed E-state index contributed by atoms with van der Waals surface area (Å²) in [5, 5.41) is 25.8. The predicted octanol–water partition coefficient (Wildman–Crippen LogP) is 2.27. The molecule has 8 heteroatoms. The van der Waals surface area contributed by atoms with E-state index in [0.29, 0.717) is 16.9 Å². The second kappa shape index (κ2) is 5.99. The summed E-state index contributed by atoms with van der Waals surface area (Å²) in [7, 11) is 0. The van der Waals surface area contributed by atoms with Gasteiger partial charge in [-0.2, -0.15) is 0 Å². The van der Waals surface area contributed by atoms with Gasteiger partial charge in [-0.15, -0.1) is 0 Å². The number of amides is 1. The lowest BCUT2D eigenvalue weighted by molar-refractivity contribution is -0.385. The van der Waals surface area contributed by atoms with Crippen molar-refractivity contribution in [3.63, 3.8) is 0 Å². The molecule has 0 saturated heterocycles. The number of carbonyl (C=O) groups is 2. The van der Waals surface area contributed by atoms with E-state index in [4.69, 9.17) is 5.11 Å². The minimum Gasteiger partial charge on any atom is -0.478 e. The maximum atomic E-state index is 12.2. The van der Waals surface area contributed by atoms with Crippen LogP contribution in [0, 0.1) is 10.1 Å². The number of carboxylic acids is 1. The molecular formula is C16H13N3O5. The second-order valence-electron chi connectivity index (χ2n) is 5.34. The van der Waals surface area contributed by atoms with Gasteiger partial charge in [0.1, 0.15) is 6.04 Å². The molecule has 8 nitrogen and oxygen atoms in total. The standard InChI is InChI=1S/C16H13N3O5/c20-15-13(7-9-3-1-2-4-14(9)19(23)24)17-12-8-10(16(21)22)5-6-11(12)18-15/h1-6,8,13,17H,7H2,(H,18,20)(H,21,22). The van der Waals surface area contributed by atoms with E-state index in [9.17, 15) is 19.7 Å². The number of aromatic carboxylic acids is 1. The molecule has 1 atom stereocenters. The molecule has 1 aliphatic heterocycles. The Bertz CT molecular complexity index is 849. The molecule has 0 aromatic heterocycles. The monoisotopic (exact) mass is 327 g/mol. The normalized spacial score (nSPS) is 15.8. The molecule has 0 aliphatic carbocycles. The Labute approximate surface area is 136 Å². The zero-order valence-corrected chi connectivity index (χ0v) is 12.4. The van der Waals surface area contributed by atoms with Crippen molar-refractivity contribution >= 4 is 28.9 Å². The van der Waals surface area contributed by atoms with Gasteiger partial charge in [0.2, 0.25) is 5.91 Å². The third-order valence-corrected chi connectivity index (χ3v) is 3.78. The average Bonchev–Trinajstić information content (AvgIpc) is 2.55. The van der Waals surface area contributed by atoms with Crippen molar-refractivity contribution in [2.24, 2.45) is 0 Å². The van der Waals surface area contributed by atoms with Crippen LogP contribution in [-0.4, -0.2) is 27.9 Å². The van der Waals surface area contributed by atoms with E-state index < -0.39 is 16.9 Å². The van der Waals surface area contributed by atoms with E-state index in [1.807, 2.05) is 0 Å². The molecule has 2 aromatic rings. The lowest BCUT2D eigenvalue weighted by Gasteiger charge is -2.27. The van der Waals surface area contributed by atoms with Gasteiger partial charge in [0.05, 0.1) is 21.9 Å². The Hall–Kier alpha value is -3.42. The van der Waals surface area contributed by atoms with Crippen LogP contribution in [-0.2, 0) is 11.2 Å². The SMILES string of the molecule is O=C(O)c1ccc2c(c1)NC(Cc1ccccc1[N+](=O)[O-])C(=O)N2. The number of anilines is 2. The summed E-state index contributed by atoms with van der Waals surface area (Å²) >= 11 is 0. The van der Waals surface area contributed by atoms with Crippen molar-refractivity contribution < 1.29 is 19.6 Å². The fourth-order valence-corrected chi connectivity index (χ4v) is 2.60. The third-order valence-electron chi connectivity index (χ3n) is 3.78. The zero-order chi connectivity index (χ0) is 17.3. The summed E-state index contributed by atoms with van der Waals surface area (Å²) in [6.07, 6.45) is 0.111. The number of carboxylic acid groups (broad SMARTS) is 1. The van der Waals surface area contributed by atoms with Crippen molar-refractivity contribution in [3.05, 3.63) is 63.7 Å². The summed E-state index contributed by atoms with van der Waals surface area (Å²) in [4.78, 5) is 33.8. The number of nitro benzene ring substituents is 1. The molecule has 1 aliphatic rings. The molecule has 0 saturated carbocycles. The second-order valence-corrected chi connectivity index (χ2v) is 5.34. The van der Waals surface area contributed by atoms with Gasteiger partial charge in [-0.05, 0) is 18.2 Å². The summed E-state index contributed by atoms with van der Waals surface area (Å²) < 4.78 is 0. The topological polar surface area (TPSA) is 122 Å². The van der Waals surface area contributed by atoms with Gasteiger partial charge in [-0.1, -0.05) is 18.2 Å². The van der Waals surface area contributed by atoms with Crippen molar-refractivity contribution in [2.45, 2.75) is 12.5 Å². The highest BCUT2D eigenvalue weighted by Gasteiger charge is 2.28. The maximum Gasteiger partial charge on any atom is 0.335 e. The van der Waals surface area contributed by atoms with Crippen LogP contribution in [0.25, 0.3) is 0 Å². The van der Waals surface area contributed by atoms with Crippen molar-refractivity contribution in [2.75, 3.05) is 10.6 Å². The van der Waals surface area contributed by atoms with Gasteiger partial charge >= 0.3 is 5.97 Å². The van der Waals surface area contributed by atoms with Crippen LogP contribution in [0.2, 0.25) is 0 Å². The maximum absolute atomic E-state index is 12.2. The summed E-state index contributed by atoms with van der Waals surface area (Å²) in [6, 6.07) is 9.79. The van der Waals surface area contributed by atoms with Crippen LogP contribution in [0.5, 0.6) is 0 Å². The lowest BCUT2D eigenvalue weighted by Crippen LogP contribution is -2.40. The van der Waals surface area contributed by atoms with Gasteiger partial charge in [-0.3, -0.25) is 14.9 Å². The van der Waals surface area contributed by atoms with Crippen LogP contribution in [0.1, 0.15) is 15.9 Å². The first-order valence-corrected chi connectivity index (χ1v) is 7.13. The van der Waals surface area contributed by atoms with Crippen molar-refractivity contribution in [3.8, 4) is 0 Å². The molecule has 24 heavy (non-hydrogen) atoms. The molecule has 1 amide bonds. The number of carbonyl (C=O) groups excluding carboxylic acids is 1. The number of nitro groups is 1. The minimum absolute atomic E-state index is 0.0582. The molecule has 1 unspecified atom stereocenters. The van der Waals surface area contributed by atoms with E-state index in [1.54, 1.807) is 18.2 Å². The Morgan fingerprint density at radius 2 is 1.96 bits per heavy atom. The highest BCUT2D eigenvalue weighted by Crippen LogP contribution is 2.30. The molecule has 122 valence electrons. The van der Waals surface area contributed by atoms with Crippen LogP contribution in [0.15, 0.2) is 42.5 Å². The molecule has 0 fully saturated rings. The number of nitrogens with zero attached hydrogens (tertiary/aromatic N) is 1. The zero-order valence-electron chi connectivity index (χ0n) is 12.4. The molecule has 0 spiro atoms. The largest absolute Gasteiger partial charge is 0.478 e. The van der Waals surface area contributed by atoms with Crippen LogP contribution in [0.4, 0.5) is 17.1 Å². The van der Waals surface area contributed by atoms with Gasteiger partial charge in [0.15, 0.2) is 0 Å². The molecule has 0 radical (unpaired) electrons. The first-order valence-electron chi connectivity index (χ1n) is 7.13. The van der Waals surface area contributed by atoms with Crippen molar-refractivity contribution in [1.82, 2.24) is 0 Å². The molecule has 3 N–H and O–H groups in total. The molecule has 1 heterocycles. The molecule has 2 aromatic carbocycles.